The smallest absolute Gasteiger partial charge is 0.101 e. The molecule has 0 heterocycles. The summed E-state index contributed by atoms with van der Waals surface area (Å²) in [4.78, 5) is 0. The standard InChI is InChI=1S/C19H42N.C5H14NO.2H2O/c1-5-6-7-8-9-10-11-12-13-14-15-16-17-18-19-20(2,3)4;1-6(2,3)4-5-7;;/h5-19H2,1-4H3;7H,4-5H2,1-3H3;2*1H2/q2*+1;;/p-2. The fourth-order valence-corrected chi connectivity index (χ4v) is 3.08. The van der Waals surface area contributed by atoms with E-state index in [4.69, 9.17) is 5.11 Å². The maximum absolute atomic E-state index is 8.39. The van der Waals surface area contributed by atoms with Crippen LogP contribution in [0.5, 0.6) is 0 Å². The van der Waals surface area contributed by atoms with Crippen molar-refractivity contribution in [3.63, 3.8) is 0 Å². The Morgan fingerprint density at radius 1 is 0.448 bits per heavy atom. The molecule has 5 nitrogen and oxygen atoms in total. The molecule has 29 heavy (non-hydrogen) atoms. The molecular formula is C24H58N2O3. The quantitative estimate of drug-likeness (QED) is 0.248. The average molecular weight is 423 g/mol. The Hall–Kier alpha value is -0.200. The SMILES string of the molecule is CCCCCCCCCCCCCCCC[N+](C)(C)C.C[N+](C)(C)CCO.[OH-].[OH-]. The maximum Gasteiger partial charge on any atom is 0.101 e. The van der Waals surface area contributed by atoms with Gasteiger partial charge < -0.3 is 25.0 Å². The summed E-state index contributed by atoms with van der Waals surface area (Å²) >= 11 is 0. The van der Waals surface area contributed by atoms with Gasteiger partial charge in [0.15, 0.2) is 0 Å². The highest BCUT2D eigenvalue weighted by molar-refractivity contribution is 4.49. The highest BCUT2D eigenvalue weighted by Gasteiger charge is 2.05. The average Bonchev–Trinajstić information content (AvgIpc) is 2.53. The summed E-state index contributed by atoms with van der Waals surface area (Å²) < 4.78 is 1.97. The molecule has 0 saturated carbocycles. The Morgan fingerprint density at radius 2 is 0.724 bits per heavy atom. The second-order valence-electron chi connectivity index (χ2n) is 10.3. The molecule has 0 amide bonds. The minimum absolute atomic E-state index is 0. The zero-order chi connectivity index (χ0) is 21.0. The molecule has 0 radical (unpaired) electrons. The van der Waals surface area contributed by atoms with Crippen molar-refractivity contribution in [2.24, 2.45) is 0 Å². The molecule has 0 aromatic carbocycles. The summed E-state index contributed by atoms with van der Waals surface area (Å²) in [5, 5.41) is 8.39. The predicted molar refractivity (Wildman–Crippen MR) is 127 cm³/mol. The molecule has 5 heteroatoms. The van der Waals surface area contributed by atoms with Crippen LogP contribution in [0.15, 0.2) is 0 Å². The van der Waals surface area contributed by atoms with Crippen LogP contribution in [0.3, 0.4) is 0 Å². The first kappa shape index (κ1) is 36.2. The Kier molecular flexibility index (Phi) is 30.0. The molecule has 0 saturated heterocycles. The molecule has 0 aromatic rings. The van der Waals surface area contributed by atoms with Crippen molar-refractivity contribution in [2.75, 3.05) is 62.0 Å². The number of aliphatic hydroxyl groups excluding tert-OH is 1. The molecule has 0 bridgehead atoms. The molecule has 3 N–H and O–H groups in total. The van der Waals surface area contributed by atoms with E-state index in [0.717, 1.165) is 15.5 Å². The summed E-state index contributed by atoms with van der Waals surface area (Å²) in [6.45, 7) is 4.74. The predicted octanol–water partition coefficient (Wildman–Crippen LogP) is 5.51. The Labute approximate surface area is 184 Å². The molecule has 0 atom stereocenters. The molecule has 0 unspecified atom stereocenters. The Balaban J connectivity index is -0.000000298. The fourth-order valence-electron chi connectivity index (χ4n) is 3.08. The normalized spacial score (nSPS) is 11.2. The van der Waals surface area contributed by atoms with E-state index in [2.05, 4.69) is 49.2 Å². The molecule has 0 spiro atoms. The lowest BCUT2D eigenvalue weighted by atomic mass is 10.0. The van der Waals surface area contributed by atoms with Crippen LogP contribution in [0.4, 0.5) is 0 Å². The first-order valence-electron chi connectivity index (χ1n) is 11.8. The van der Waals surface area contributed by atoms with Crippen molar-refractivity contribution in [2.45, 2.75) is 96.8 Å². The number of unbranched alkanes of at least 4 members (excludes halogenated alkanes) is 13. The van der Waals surface area contributed by atoms with Crippen LogP contribution in [0.2, 0.25) is 0 Å². The van der Waals surface area contributed by atoms with Gasteiger partial charge in [-0.25, -0.2) is 0 Å². The topological polar surface area (TPSA) is 80.2 Å². The minimum Gasteiger partial charge on any atom is -0.870 e. The van der Waals surface area contributed by atoms with Crippen molar-refractivity contribution in [1.82, 2.24) is 0 Å². The van der Waals surface area contributed by atoms with Gasteiger partial charge in [0.25, 0.3) is 0 Å². The van der Waals surface area contributed by atoms with Gasteiger partial charge in [0.1, 0.15) is 6.54 Å². The van der Waals surface area contributed by atoms with E-state index in [1.54, 1.807) is 0 Å². The molecule has 0 aliphatic heterocycles. The first-order valence-corrected chi connectivity index (χ1v) is 11.8. The van der Waals surface area contributed by atoms with Crippen LogP contribution < -0.4 is 0 Å². The van der Waals surface area contributed by atoms with E-state index in [9.17, 15) is 0 Å². The van der Waals surface area contributed by atoms with Gasteiger partial charge in [0.05, 0.1) is 55.4 Å². The molecule has 0 aliphatic rings. The second kappa shape index (κ2) is 24.1. The van der Waals surface area contributed by atoms with Crippen LogP contribution in [-0.2, 0) is 0 Å². The largest absolute Gasteiger partial charge is 0.870 e. The molecular weight excluding hydrogens is 364 g/mol. The van der Waals surface area contributed by atoms with Crippen LogP contribution >= 0.6 is 0 Å². The van der Waals surface area contributed by atoms with Crippen LogP contribution in [0.25, 0.3) is 0 Å². The van der Waals surface area contributed by atoms with Crippen molar-refractivity contribution in [3.8, 4) is 0 Å². The van der Waals surface area contributed by atoms with E-state index in [1.807, 2.05) is 0 Å². The lowest BCUT2D eigenvalue weighted by molar-refractivity contribution is -0.870. The number of likely N-dealkylation sites (N-methyl/N-ethyl adjacent to an activating group) is 1. The zero-order valence-electron chi connectivity index (χ0n) is 21.3. The third-order valence-electron chi connectivity index (χ3n) is 4.95. The number of hydrogen-bond acceptors (Lipinski definition) is 3. The lowest BCUT2D eigenvalue weighted by Crippen LogP contribution is -2.36. The number of nitrogens with zero attached hydrogens (tertiary/aromatic N) is 2. The zero-order valence-corrected chi connectivity index (χ0v) is 21.3. The monoisotopic (exact) mass is 422 g/mol. The van der Waals surface area contributed by atoms with Crippen LogP contribution in [-0.4, -0.2) is 87.0 Å². The summed E-state index contributed by atoms with van der Waals surface area (Å²) in [7, 11) is 13.0. The van der Waals surface area contributed by atoms with Crippen molar-refractivity contribution >= 4 is 0 Å². The van der Waals surface area contributed by atoms with Crippen LogP contribution in [0, 0.1) is 0 Å². The van der Waals surface area contributed by atoms with Crippen molar-refractivity contribution in [1.29, 1.82) is 0 Å². The molecule has 0 rings (SSSR count). The van der Waals surface area contributed by atoms with Gasteiger partial charge in [-0.3, -0.25) is 0 Å². The van der Waals surface area contributed by atoms with E-state index in [0.29, 0.717) is 0 Å². The Morgan fingerprint density at radius 3 is 0.931 bits per heavy atom. The molecule has 0 aliphatic carbocycles. The molecule has 0 fully saturated rings. The van der Waals surface area contributed by atoms with E-state index >= 15 is 0 Å². The highest BCUT2D eigenvalue weighted by Crippen LogP contribution is 2.13. The number of quaternary nitrogens is 2. The fraction of sp³-hybridized carbons (Fsp3) is 1.00. The Bertz CT molecular complexity index is 287. The van der Waals surface area contributed by atoms with E-state index in [-0.39, 0.29) is 17.6 Å². The molecule has 182 valence electrons. The van der Waals surface area contributed by atoms with E-state index < -0.39 is 0 Å². The number of hydrogen-bond donors (Lipinski definition) is 1. The summed E-state index contributed by atoms with van der Waals surface area (Å²) in [5.74, 6) is 0. The van der Waals surface area contributed by atoms with Gasteiger partial charge in [-0.1, -0.05) is 84.0 Å². The number of rotatable bonds is 17. The van der Waals surface area contributed by atoms with Gasteiger partial charge in [0, 0.05) is 0 Å². The summed E-state index contributed by atoms with van der Waals surface area (Å²) in [6.07, 6.45) is 20.4. The van der Waals surface area contributed by atoms with Gasteiger partial charge in [-0.2, -0.15) is 0 Å². The van der Waals surface area contributed by atoms with Gasteiger partial charge in [0.2, 0.25) is 0 Å². The first-order chi connectivity index (χ1) is 12.6. The third-order valence-corrected chi connectivity index (χ3v) is 4.95. The van der Waals surface area contributed by atoms with E-state index in [1.165, 1.54) is 96.4 Å². The summed E-state index contributed by atoms with van der Waals surface area (Å²) in [6, 6.07) is 0. The summed E-state index contributed by atoms with van der Waals surface area (Å²) in [5.41, 5.74) is 0. The maximum atomic E-state index is 8.39. The van der Waals surface area contributed by atoms with Crippen molar-refractivity contribution in [3.05, 3.63) is 0 Å². The third kappa shape index (κ3) is 42.8. The van der Waals surface area contributed by atoms with Gasteiger partial charge >= 0.3 is 0 Å². The minimum atomic E-state index is 0. The lowest BCUT2D eigenvalue weighted by Gasteiger charge is -2.23. The molecule has 0 aromatic heterocycles. The van der Waals surface area contributed by atoms with Gasteiger partial charge in [-0.15, -0.1) is 0 Å². The highest BCUT2D eigenvalue weighted by atomic mass is 16.3. The van der Waals surface area contributed by atoms with Gasteiger partial charge in [-0.05, 0) is 12.8 Å². The van der Waals surface area contributed by atoms with Crippen LogP contribution in [0.1, 0.15) is 96.8 Å². The number of aliphatic hydroxyl groups is 1. The second-order valence-corrected chi connectivity index (χ2v) is 10.3. The van der Waals surface area contributed by atoms with Crippen molar-refractivity contribution < 1.29 is 25.0 Å².